The number of nitrogens with one attached hydrogen (secondary N) is 1. The largest absolute Gasteiger partial charge is 0.481 e. The van der Waals surface area contributed by atoms with Crippen LogP contribution in [0.5, 0.6) is 0 Å². The van der Waals surface area contributed by atoms with E-state index in [-0.39, 0.29) is 12.0 Å². The molecule has 0 bridgehead atoms. The van der Waals surface area contributed by atoms with Gasteiger partial charge in [0.05, 0.1) is 5.92 Å². The number of carboxylic acid groups (broad SMARTS) is 1. The molecule has 2 aromatic carbocycles. The number of nitriles is 1. The smallest absolute Gasteiger partial charge is 0.306 e. The van der Waals surface area contributed by atoms with E-state index in [9.17, 15) is 19.6 Å². The maximum Gasteiger partial charge on any atom is 0.306 e. The summed E-state index contributed by atoms with van der Waals surface area (Å²) in [5, 5.41) is 23.2. The number of pyridine rings is 1. The van der Waals surface area contributed by atoms with Gasteiger partial charge in [0.25, 0.3) is 0 Å². The Bertz CT molecular complexity index is 1660. The Labute approximate surface area is 224 Å². The van der Waals surface area contributed by atoms with Crippen molar-refractivity contribution in [1.82, 2.24) is 14.7 Å². The van der Waals surface area contributed by atoms with Gasteiger partial charge in [-0.2, -0.15) is 5.26 Å². The SMILES string of the molecule is N#Cc1c(-c2ccccc2-c2ccc(Cl)cc2F)nc2cc(C(NC3CC(C(=O)O)C3)=C3CCC3)ccn12. The molecule has 2 saturated carbocycles. The summed E-state index contributed by atoms with van der Waals surface area (Å²) in [6.07, 6.45) is 6.21. The van der Waals surface area contributed by atoms with E-state index in [2.05, 4.69) is 11.4 Å². The van der Waals surface area contributed by atoms with Crippen LogP contribution >= 0.6 is 11.6 Å². The number of carboxylic acids is 1. The fourth-order valence-corrected chi connectivity index (χ4v) is 5.42. The summed E-state index contributed by atoms with van der Waals surface area (Å²) in [6.45, 7) is 0. The highest BCUT2D eigenvalue weighted by molar-refractivity contribution is 6.30. The number of nitrogens with zero attached hydrogens (tertiary/aromatic N) is 3. The van der Waals surface area contributed by atoms with Crippen LogP contribution in [0, 0.1) is 23.1 Å². The van der Waals surface area contributed by atoms with E-state index in [4.69, 9.17) is 16.6 Å². The quantitative estimate of drug-likeness (QED) is 0.292. The summed E-state index contributed by atoms with van der Waals surface area (Å²) in [5.74, 6) is -1.48. The first-order chi connectivity index (χ1) is 18.4. The van der Waals surface area contributed by atoms with Crippen LogP contribution in [0.3, 0.4) is 0 Å². The van der Waals surface area contributed by atoms with Crippen LogP contribution in [0.2, 0.25) is 5.02 Å². The Morgan fingerprint density at radius 1 is 1.11 bits per heavy atom. The molecule has 2 aromatic heterocycles. The Hall–Kier alpha value is -4.15. The summed E-state index contributed by atoms with van der Waals surface area (Å²) in [4.78, 5) is 16.1. The molecule has 2 N–H and O–H groups in total. The predicted octanol–water partition coefficient (Wildman–Crippen LogP) is 6.68. The molecule has 6 rings (SSSR count). The van der Waals surface area contributed by atoms with Crippen molar-refractivity contribution in [1.29, 1.82) is 5.26 Å². The van der Waals surface area contributed by atoms with E-state index in [0.717, 1.165) is 30.5 Å². The fourth-order valence-electron chi connectivity index (χ4n) is 5.26. The van der Waals surface area contributed by atoms with Crippen molar-refractivity contribution in [2.24, 2.45) is 5.92 Å². The summed E-state index contributed by atoms with van der Waals surface area (Å²) < 4.78 is 16.6. The molecule has 2 fully saturated rings. The molecular weight excluding hydrogens is 503 g/mol. The number of carbonyl (C=O) groups is 1. The second-order valence-corrected chi connectivity index (χ2v) is 10.4. The van der Waals surface area contributed by atoms with Gasteiger partial charge in [-0.05, 0) is 73.6 Å². The number of allylic oxidation sites excluding steroid dienone is 1. The summed E-state index contributed by atoms with van der Waals surface area (Å²) in [7, 11) is 0. The number of imidazole rings is 1. The minimum absolute atomic E-state index is 0.126. The highest BCUT2D eigenvalue weighted by Gasteiger charge is 2.35. The van der Waals surface area contributed by atoms with Crippen molar-refractivity contribution in [3.05, 3.63) is 88.5 Å². The topological polar surface area (TPSA) is 90.4 Å². The van der Waals surface area contributed by atoms with Gasteiger partial charge in [-0.1, -0.05) is 35.9 Å². The minimum atomic E-state index is -0.741. The Kier molecular flexibility index (Phi) is 6.13. The lowest BCUT2D eigenvalue weighted by molar-refractivity contribution is -0.145. The Balaban J connectivity index is 1.41. The zero-order valence-corrected chi connectivity index (χ0v) is 21.2. The number of benzene rings is 2. The first-order valence-electron chi connectivity index (χ1n) is 12.6. The molecule has 0 aliphatic heterocycles. The molecule has 0 spiro atoms. The molecule has 6 nitrogen and oxygen atoms in total. The molecule has 8 heteroatoms. The summed E-state index contributed by atoms with van der Waals surface area (Å²) in [6, 6.07) is 18.2. The number of hydrogen-bond acceptors (Lipinski definition) is 4. The summed E-state index contributed by atoms with van der Waals surface area (Å²) >= 11 is 5.97. The fraction of sp³-hybridized carbons (Fsp3) is 0.233. The Morgan fingerprint density at radius 2 is 1.87 bits per heavy atom. The zero-order chi connectivity index (χ0) is 26.4. The number of rotatable bonds is 6. The van der Waals surface area contributed by atoms with Crippen molar-refractivity contribution >= 4 is 28.9 Å². The first kappa shape index (κ1) is 24.2. The highest BCUT2D eigenvalue weighted by Crippen LogP contribution is 2.38. The van der Waals surface area contributed by atoms with Gasteiger partial charge in [0.1, 0.15) is 23.2 Å². The molecule has 0 saturated heterocycles. The van der Waals surface area contributed by atoms with Gasteiger partial charge < -0.3 is 10.4 Å². The second kappa shape index (κ2) is 9.62. The van der Waals surface area contributed by atoms with Crippen molar-refractivity contribution in [3.63, 3.8) is 0 Å². The van der Waals surface area contributed by atoms with Crippen molar-refractivity contribution in [3.8, 4) is 28.5 Å². The minimum Gasteiger partial charge on any atom is -0.481 e. The van der Waals surface area contributed by atoms with Gasteiger partial charge in [-0.15, -0.1) is 0 Å². The van der Waals surface area contributed by atoms with E-state index in [1.165, 1.54) is 11.6 Å². The third-order valence-electron chi connectivity index (χ3n) is 7.57. The van der Waals surface area contributed by atoms with Crippen LogP contribution in [0.25, 0.3) is 33.7 Å². The van der Waals surface area contributed by atoms with Gasteiger partial charge in [-0.25, -0.2) is 9.37 Å². The van der Waals surface area contributed by atoms with Crippen molar-refractivity contribution < 1.29 is 14.3 Å². The van der Waals surface area contributed by atoms with Crippen LogP contribution in [0.1, 0.15) is 43.4 Å². The lowest BCUT2D eigenvalue weighted by Crippen LogP contribution is -2.43. The number of halogens is 2. The van der Waals surface area contributed by atoms with Crippen LogP contribution in [-0.2, 0) is 4.79 Å². The maximum absolute atomic E-state index is 14.9. The third-order valence-corrected chi connectivity index (χ3v) is 7.81. The number of fused-ring (bicyclic) bond motifs is 1. The summed E-state index contributed by atoms with van der Waals surface area (Å²) in [5.41, 5.74) is 6.43. The number of hydrogen-bond donors (Lipinski definition) is 2. The monoisotopic (exact) mass is 526 g/mol. The van der Waals surface area contributed by atoms with Crippen LogP contribution < -0.4 is 5.32 Å². The second-order valence-electron chi connectivity index (χ2n) is 9.91. The highest BCUT2D eigenvalue weighted by atomic mass is 35.5. The van der Waals surface area contributed by atoms with E-state index >= 15 is 0 Å². The molecule has 2 aliphatic rings. The molecular formula is C30H24ClFN4O2. The van der Waals surface area contributed by atoms with Crippen LogP contribution in [0.4, 0.5) is 4.39 Å². The van der Waals surface area contributed by atoms with Gasteiger partial charge in [0.2, 0.25) is 0 Å². The van der Waals surface area contributed by atoms with Gasteiger partial charge in [0, 0.05) is 39.6 Å². The van der Waals surface area contributed by atoms with Crippen molar-refractivity contribution in [2.75, 3.05) is 0 Å². The van der Waals surface area contributed by atoms with E-state index in [1.807, 2.05) is 42.6 Å². The lowest BCUT2D eigenvalue weighted by atomic mass is 9.79. The number of aromatic nitrogens is 2. The molecule has 0 atom stereocenters. The van der Waals surface area contributed by atoms with E-state index in [1.54, 1.807) is 16.5 Å². The standard InChI is InChI=1S/C30H24ClFN4O2/c31-20-8-9-23(25(32)15-20)22-6-1-2-7-24(22)29-26(16-33)36-11-10-18(14-27(36)35-29)28(17-4-3-5-17)34-21-12-19(13-21)30(37)38/h1-2,6-11,14-15,19,21,34H,3-5,12-13H2,(H,37,38). The molecule has 0 radical (unpaired) electrons. The Morgan fingerprint density at radius 3 is 2.53 bits per heavy atom. The molecule has 2 aliphatic carbocycles. The van der Waals surface area contributed by atoms with Crippen LogP contribution in [0.15, 0.2) is 66.4 Å². The first-order valence-corrected chi connectivity index (χ1v) is 13.0. The average Bonchev–Trinajstić information content (AvgIpc) is 3.21. The number of aliphatic carboxylic acids is 1. The maximum atomic E-state index is 14.9. The molecule has 4 aromatic rings. The van der Waals surface area contributed by atoms with Crippen LogP contribution in [-0.4, -0.2) is 26.5 Å². The normalized spacial score (nSPS) is 18.4. The molecule has 2 heterocycles. The molecule has 0 unspecified atom stereocenters. The zero-order valence-electron chi connectivity index (χ0n) is 20.4. The van der Waals surface area contributed by atoms with Gasteiger partial charge >= 0.3 is 5.97 Å². The molecule has 38 heavy (non-hydrogen) atoms. The molecule has 0 amide bonds. The lowest BCUT2D eigenvalue weighted by Gasteiger charge is -2.36. The van der Waals surface area contributed by atoms with Gasteiger partial charge in [0.15, 0.2) is 5.69 Å². The van der Waals surface area contributed by atoms with Gasteiger partial charge in [-0.3, -0.25) is 9.20 Å². The van der Waals surface area contributed by atoms with E-state index in [0.29, 0.717) is 51.6 Å². The molecule has 190 valence electrons. The predicted molar refractivity (Wildman–Crippen MR) is 144 cm³/mol. The third kappa shape index (κ3) is 4.21. The van der Waals surface area contributed by atoms with Crippen molar-refractivity contribution in [2.45, 2.75) is 38.1 Å². The average molecular weight is 527 g/mol. The van der Waals surface area contributed by atoms with E-state index < -0.39 is 11.8 Å².